The van der Waals surface area contributed by atoms with E-state index in [1.54, 1.807) is 0 Å². The third kappa shape index (κ3) is 1.71. The second-order valence-electron chi connectivity index (χ2n) is 7.53. The molecule has 2 fully saturated rings. The van der Waals surface area contributed by atoms with E-state index in [2.05, 4.69) is 38.1 Å². The van der Waals surface area contributed by atoms with Crippen LogP contribution in [0.3, 0.4) is 0 Å². The molecule has 2 nitrogen and oxygen atoms in total. The van der Waals surface area contributed by atoms with E-state index in [-0.39, 0.29) is 17.1 Å². The maximum absolute atomic E-state index is 6.59. The van der Waals surface area contributed by atoms with Crippen molar-refractivity contribution >= 4 is 0 Å². The van der Waals surface area contributed by atoms with Gasteiger partial charge in [0, 0.05) is 11.3 Å². The van der Waals surface area contributed by atoms with Crippen LogP contribution in [0.15, 0.2) is 24.3 Å². The van der Waals surface area contributed by atoms with Gasteiger partial charge < -0.3 is 9.47 Å². The molecule has 3 aliphatic rings. The van der Waals surface area contributed by atoms with Gasteiger partial charge in [0.1, 0.15) is 11.7 Å². The Morgan fingerprint density at radius 3 is 2.70 bits per heavy atom. The predicted octanol–water partition coefficient (Wildman–Crippen LogP) is 4.21. The monoisotopic (exact) mass is 272 g/mol. The lowest BCUT2D eigenvalue weighted by Crippen LogP contribution is -2.43. The molecule has 1 aromatic carbocycles. The van der Waals surface area contributed by atoms with Gasteiger partial charge in [0.2, 0.25) is 0 Å². The summed E-state index contributed by atoms with van der Waals surface area (Å²) in [7, 11) is 0. The van der Waals surface area contributed by atoms with Gasteiger partial charge in [-0.1, -0.05) is 51.0 Å². The number of ether oxygens (including phenoxy) is 2. The summed E-state index contributed by atoms with van der Waals surface area (Å²) in [6.45, 7) is 6.09. The quantitative estimate of drug-likeness (QED) is 0.704. The number of hydrogen-bond acceptors (Lipinski definition) is 2. The minimum Gasteiger partial charge on any atom is -0.371 e. The summed E-state index contributed by atoms with van der Waals surface area (Å²) in [5.74, 6) is 0.534. The maximum Gasteiger partial charge on any atom is 0.112 e. The molecule has 0 aromatic heterocycles. The van der Waals surface area contributed by atoms with Crippen LogP contribution in [0.25, 0.3) is 0 Å². The molecule has 2 aliphatic carbocycles. The van der Waals surface area contributed by atoms with E-state index in [0.717, 1.165) is 19.6 Å². The lowest BCUT2D eigenvalue weighted by Gasteiger charge is -2.42. The number of benzene rings is 1. The Bertz CT molecular complexity index is 522. The summed E-state index contributed by atoms with van der Waals surface area (Å²) in [5.41, 5.74) is 2.90. The number of rotatable bonds is 0. The van der Waals surface area contributed by atoms with Crippen LogP contribution in [-0.4, -0.2) is 18.8 Å². The molecule has 1 saturated carbocycles. The van der Waals surface area contributed by atoms with E-state index in [1.807, 2.05) is 0 Å². The SMILES string of the molecule is CC1(C)CO[C@@H]2c3ccccc3[C@H]3CCCC[C@]32OC1. The Morgan fingerprint density at radius 1 is 1.05 bits per heavy atom. The van der Waals surface area contributed by atoms with Gasteiger partial charge in [0.05, 0.1) is 13.2 Å². The van der Waals surface area contributed by atoms with Crippen molar-refractivity contribution in [1.29, 1.82) is 0 Å². The summed E-state index contributed by atoms with van der Waals surface area (Å²) in [6.07, 6.45) is 5.13. The van der Waals surface area contributed by atoms with E-state index in [0.29, 0.717) is 5.92 Å². The van der Waals surface area contributed by atoms with Crippen LogP contribution >= 0.6 is 0 Å². The molecule has 1 heterocycles. The Kier molecular flexibility index (Phi) is 2.77. The first kappa shape index (κ1) is 12.8. The summed E-state index contributed by atoms with van der Waals surface area (Å²) in [6, 6.07) is 8.85. The molecule has 1 saturated heterocycles. The molecule has 0 amide bonds. The molecule has 3 atom stereocenters. The largest absolute Gasteiger partial charge is 0.371 e. The molecular weight excluding hydrogens is 248 g/mol. The van der Waals surface area contributed by atoms with Crippen LogP contribution in [0.4, 0.5) is 0 Å². The van der Waals surface area contributed by atoms with Crippen molar-refractivity contribution < 1.29 is 9.47 Å². The number of hydrogen-bond donors (Lipinski definition) is 0. The van der Waals surface area contributed by atoms with Crippen LogP contribution in [0, 0.1) is 5.41 Å². The topological polar surface area (TPSA) is 18.5 Å². The van der Waals surface area contributed by atoms with Gasteiger partial charge in [-0.25, -0.2) is 0 Å². The van der Waals surface area contributed by atoms with Gasteiger partial charge in [-0.2, -0.15) is 0 Å². The average Bonchev–Trinajstić information content (AvgIpc) is 2.66. The van der Waals surface area contributed by atoms with Gasteiger partial charge in [-0.3, -0.25) is 0 Å². The first-order valence-corrected chi connectivity index (χ1v) is 7.97. The second kappa shape index (κ2) is 4.32. The smallest absolute Gasteiger partial charge is 0.112 e. The van der Waals surface area contributed by atoms with Crippen molar-refractivity contribution in [2.45, 2.75) is 57.2 Å². The minimum atomic E-state index is -0.0876. The molecule has 0 unspecified atom stereocenters. The third-order valence-electron chi connectivity index (χ3n) is 5.37. The molecule has 4 rings (SSSR count). The highest BCUT2D eigenvalue weighted by molar-refractivity contribution is 5.43. The van der Waals surface area contributed by atoms with Crippen LogP contribution in [0.1, 0.15) is 62.7 Å². The van der Waals surface area contributed by atoms with Crippen LogP contribution < -0.4 is 0 Å². The fraction of sp³-hybridized carbons (Fsp3) is 0.667. The lowest BCUT2D eigenvalue weighted by molar-refractivity contribution is -0.141. The third-order valence-corrected chi connectivity index (χ3v) is 5.37. The van der Waals surface area contributed by atoms with E-state index in [1.165, 1.54) is 30.4 Å². The lowest BCUT2D eigenvalue weighted by atomic mass is 9.74. The fourth-order valence-corrected chi connectivity index (χ4v) is 4.39. The van der Waals surface area contributed by atoms with Crippen LogP contribution in [0.2, 0.25) is 0 Å². The van der Waals surface area contributed by atoms with Crippen molar-refractivity contribution in [3.05, 3.63) is 35.4 Å². The molecule has 0 radical (unpaired) electrons. The van der Waals surface area contributed by atoms with Gasteiger partial charge in [-0.15, -0.1) is 0 Å². The Morgan fingerprint density at radius 2 is 1.85 bits per heavy atom. The van der Waals surface area contributed by atoms with E-state index >= 15 is 0 Å². The van der Waals surface area contributed by atoms with E-state index < -0.39 is 0 Å². The molecule has 0 bridgehead atoms. The highest BCUT2D eigenvalue weighted by Crippen LogP contribution is 2.59. The molecule has 20 heavy (non-hydrogen) atoms. The van der Waals surface area contributed by atoms with Gasteiger partial charge in [0.25, 0.3) is 0 Å². The van der Waals surface area contributed by atoms with Gasteiger partial charge in [-0.05, 0) is 24.0 Å². The number of fused-ring (bicyclic) bond motifs is 3. The highest BCUT2D eigenvalue weighted by Gasteiger charge is 2.57. The van der Waals surface area contributed by atoms with E-state index in [4.69, 9.17) is 9.47 Å². The summed E-state index contributed by atoms with van der Waals surface area (Å²) in [5, 5.41) is 0. The molecule has 1 aromatic rings. The molecule has 0 N–H and O–H groups in total. The zero-order chi connectivity index (χ0) is 13.8. The first-order valence-electron chi connectivity index (χ1n) is 7.97. The Hall–Kier alpha value is -0.860. The molecule has 1 spiro atoms. The normalized spacial score (nSPS) is 38.5. The predicted molar refractivity (Wildman–Crippen MR) is 78.8 cm³/mol. The van der Waals surface area contributed by atoms with Crippen molar-refractivity contribution in [3.8, 4) is 0 Å². The average molecular weight is 272 g/mol. The Labute approximate surface area is 121 Å². The summed E-state index contributed by atoms with van der Waals surface area (Å²) < 4.78 is 13.0. The molecular formula is C18H24O2. The zero-order valence-corrected chi connectivity index (χ0v) is 12.5. The molecule has 1 aliphatic heterocycles. The van der Waals surface area contributed by atoms with Crippen LogP contribution in [0.5, 0.6) is 0 Å². The molecule has 2 heteroatoms. The maximum atomic E-state index is 6.59. The zero-order valence-electron chi connectivity index (χ0n) is 12.5. The van der Waals surface area contributed by atoms with Crippen molar-refractivity contribution in [2.24, 2.45) is 5.41 Å². The minimum absolute atomic E-state index is 0.0876. The van der Waals surface area contributed by atoms with Crippen molar-refractivity contribution in [3.63, 3.8) is 0 Å². The van der Waals surface area contributed by atoms with Crippen molar-refractivity contribution in [1.82, 2.24) is 0 Å². The van der Waals surface area contributed by atoms with Gasteiger partial charge in [0.15, 0.2) is 0 Å². The standard InChI is InChI=1S/C18H24O2/c1-17(2)11-19-16-14-8-4-3-7-13(14)15-9-5-6-10-18(15,16)20-12-17/h3-4,7-8,15-16H,5-6,9-12H2,1-2H3/t15-,16-,18+/m1/s1. The molecule has 108 valence electrons. The van der Waals surface area contributed by atoms with Crippen molar-refractivity contribution in [2.75, 3.05) is 13.2 Å². The summed E-state index contributed by atoms with van der Waals surface area (Å²) >= 11 is 0. The Balaban J connectivity index is 1.82. The van der Waals surface area contributed by atoms with E-state index in [9.17, 15) is 0 Å². The van der Waals surface area contributed by atoms with Gasteiger partial charge >= 0.3 is 0 Å². The second-order valence-corrected chi connectivity index (χ2v) is 7.53. The summed E-state index contributed by atoms with van der Waals surface area (Å²) in [4.78, 5) is 0. The fourth-order valence-electron chi connectivity index (χ4n) is 4.39. The first-order chi connectivity index (χ1) is 9.62. The van der Waals surface area contributed by atoms with Crippen LogP contribution in [-0.2, 0) is 9.47 Å². The highest BCUT2D eigenvalue weighted by atomic mass is 16.6.